The number of nitrogens with zero attached hydrogens (tertiary/aromatic N) is 1. The maximum absolute atomic E-state index is 11.9. The van der Waals surface area contributed by atoms with E-state index >= 15 is 0 Å². The summed E-state index contributed by atoms with van der Waals surface area (Å²) in [4.78, 5) is 3.58. The Morgan fingerprint density at radius 1 is 1.33 bits per heavy atom. The van der Waals surface area contributed by atoms with Crippen molar-refractivity contribution in [3.63, 3.8) is 0 Å². The fourth-order valence-corrected chi connectivity index (χ4v) is 0.979. The molecule has 80 valence electrons. The third kappa shape index (κ3) is 4.10. The fourth-order valence-electron chi connectivity index (χ4n) is 0.880. The number of hydrogen-bond donors (Lipinski definition) is 0. The Kier molecular flexibility index (Phi) is 3.82. The van der Waals surface area contributed by atoms with E-state index in [2.05, 4.69) is 27.1 Å². The smallest absolute Gasteiger partial charge is 0.422 e. The molecule has 0 radical (unpaired) electrons. The first kappa shape index (κ1) is 11.7. The summed E-state index contributed by atoms with van der Waals surface area (Å²) in [5.74, 6) is 0.0344. The van der Waals surface area contributed by atoms with Crippen LogP contribution in [0.3, 0.4) is 0 Å². The first-order chi connectivity index (χ1) is 7.03. The third-order valence-corrected chi connectivity index (χ3v) is 1.51. The summed E-state index contributed by atoms with van der Waals surface area (Å²) in [6.45, 7) is -1.35. The lowest BCUT2D eigenvalue weighted by Gasteiger charge is -2.09. The van der Waals surface area contributed by atoms with Crippen LogP contribution in [0.15, 0.2) is 29.3 Å². The number of halogens is 3. The van der Waals surface area contributed by atoms with Crippen LogP contribution in [0.5, 0.6) is 5.75 Å². The number of ether oxygens (including phenoxy) is 1. The van der Waals surface area contributed by atoms with E-state index in [0.29, 0.717) is 0 Å². The van der Waals surface area contributed by atoms with Crippen molar-refractivity contribution in [2.75, 3.05) is 6.61 Å². The monoisotopic (exact) mass is 233 g/mol. The minimum Gasteiger partial charge on any atom is -0.482 e. The summed E-state index contributed by atoms with van der Waals surface area (Å²) in [6.07, 6.45) is -4.37. The second kappa shape index (κ2) is 4.91. The lowest BCUT2D eigenvalue weighted by Crippen LogP contribution is -2.19. The summed E-state index contributed by atoms with van der Waals surface area (Å²) in [6, 6.07) is 6.04. The number of aliphatic imine (C=N–C) groups is 1. The van der Waals surface area contributed by atoms with Crippen LogP contribution in [0.2, 0.25) is 0 Å². The van der Waals surface area contributed by atoms with Crippen LogP contribution in [0.25, 0.3) is 0 Å². The highest BCUT2D eigenvalue weighted by molar-refractivity contribution is 7.78. The minimum absolute atomic E-state index is 0.0344. The van der Waals surface area contributed by atoms with Gasteiger partial charge in [-0.15, -0.1) is 0 Å². The van der Waals surface area contributed by atoms with E-state index in [1.54, 1.807) is 12.1 Å². The zero-order chi connectivity index (χ0) is 11.3. The number of isothiocyanates is 1. The van der Waals surface area contributed by atoms with Crippen LogP contribution in [0, 0.1) is 0 Å². The van der Waals surface area contributed by atoms with Crippen LogP contribution in [-0.4, -0.2) is 17.9 Å². The molecule has 0 atom stereocenters. The first-order valence-electron chi connectivity index (χ1n) is 3.89. The van der Waals surface area contributed by atoms with E-state index in [1.807, 2.05) is 0 Å². The summed E-state index contributed by atoms with van der Waals surface area (Å²) < 4.78 is 40.2. The van der Waals surface area contributed by atoms with Gasteiger partial charge in [-0.1, -0.05) is 12.1 Å². The second-order valence-corrected chi connectivity index (χ2v) is 2.76. The van der Waals surface area contributed by atoms with Gasteiger partial charge in [-0.25, -0.2) is 0 Å². The van der Waals surface area contributed by atoms with Crippen molar-refractivity contribution < 1.29 is 17.9 Å². The fraction of sp³-hybridized carbons (Fsp3) is 0.222. The minimum atomic E-state index is -4.37. The Hall–Kier alpha value is -1.39. The van der Waals surface area contributed by atoms with Crippen molar-refractivity contribution in [2.45, 2.75) is 6.18 Å². The highest BCUT2D eigenvalue weighted by atomic mass is 32.1. The largest absolute Gasteiger partial charge is 0.482 e. The van der Waals surface area contributed by atoms with E-state index in [0.717, 1.165) is 0 Å². The molecule has 1 aromatic carbocycles. The number of hydrogen-bond acceptors (Lipinski definition) is 3. The topological polar surface area (TPSA) is 21.6 Å². The molecule has 0 saturated carbocycles. The highest BCUT2D eigenvalue weighted by Gasteiger charge is 2.28. The van der Waals surface area contributed by atoms with Crippen molar-refractivity contribution in [1.29, 1.82) is 0 Å². The van der Waals surface area contributed by atoms with Gasteiger partial charge in [0.05, 0.1) is 5.16 Å². The van der Waals surface area contributed by atoms with Gasteiger partial charge in [0, 0.05) is 0 Å². The van der Waals surface area contributed by atoms with E-state index in [9.17, 15) is 13.2 Å². The molecule has 0 aliphatic rings. The Morgan fingerprint density at radius 3 is 2.60 bits per heavy atom. The van der Waals surface area contributed by atoms with Gasteiger partial charge < -0.3 is 4.74 Å². The molecule has 2 nitrogen and oxygen atoms in total. The maximum Gasteiger partial charge on any atom is 0.422 e. The van der Waals surface area contributed by atoms with Crippen LogP contribution in [-0.2, 0) is 0 Å². The Labute approximate surface area is 89.4 Å². The molecule has 0 aromatic heterocycles. The van der Waals surface area contributed by atoms with Gasteiger partial charge in [0.15, 0.2) is 6.61 Å². The number of benzene rings is 1. The molecule has 0 bridgehead atoms. The molecular formula is C9H6F3NOS. The van der Waals surface area contributed by atoms with Gasteiger partial charge in [-0.2, -0.15) is 18.2 Å². The highest BCUT2D eigenvalue weighted by Crippen LogP contribution is 2.28. The SMILES string of the molecule is FC(F)(F)COc1ccccc1N=C=S. The standard InChI is InChI=1S/C9H6F3NOS/c10-9(11,12)5-14-8-4-2-1-3-7(8)13-6-15/h1-4H,5H2. The number of rotatable bonds is 3. The first-order valence-corrected chi connectivity index (χ1v) is 4.30. The molecule has 1 rings (SSSR count). The molecule has 1 aromatic rings. The quantitative estimate of drug-likeness (QED) is 0.589. The zero-order valence-corrected chi connectivity index (χ0v) is 8.23. The summed E-state index contributed by atoms with van der Waals surface area (Å²) in [5.41, 5.74) is 0.233. The van der Waals surface area contributed by atoms with Gasteiger partial charge in [0.2, 0.25) is 0 Å². The lowest BCUT2D eigenvalue weighted by atomic mass is 10.3. The van der Waals surface area contributed by atoms with E-state index in [4.69, 9.17) is 0 Å². The summed E-state index contributed by atoms with van der Waals surface area (Å²) >= 11 is 4.36. The van der Waals surface area contributed by atoms with E-state index in [-0.39, 0.29) is 11.4 Å². The van der Waals surface area contributed by atoms with E-state index in [1.165, 1.54) is 12.1 Å². The number of para-hydroxylation sites is 2. The average molecular weight is 233 g/mol. The Balaban J connectivity index is 2.80. The molecule has 0 amide bonds. The predicted octanol–water partition coefficient (Wildman–Crippen LogP) is 3.36. The molecule has 0 heterocycles. The van der Waals surface area contributed by atoms with Gasteiger partial charge in [-0.3, -0.25) is 0 Å². The van der Waals surface area contributed by atoms with Crippen molar-refractivity contribution in [3.05, 3.63) is 24.3 Å². The van der Waals surface area contributed by atoms with Gasteiger partial charge in [0.1, 0.15) is 11.4 Å². The third-order valence-electron chi connectivity index (χ3n) is 1.42. The Bertz CT molecular complexity index is 385. The Morgan fingerprint density at radius 2 is 2.00 bits per heavy atom. The van der Waals surface area contributed by atoms with Crippen molar-refractivity contribution >= 4 is 23.1 Å². The molecule has 0 aliphatic carbocycles. The van der Waals surface area contributed by atoms with Gasteiger partial charge in [-0.05, 0) is 24.4 Å². The molecule has 0 spiro atoms. The van der Waals surface area contributed by atoms with Crippen molar-refractivity contribution in [3.8, 4) is 5.75 Å². The van der Waals surface area contributed by atoms with Crippen LogP contribution in [0.1, 0.15) is 0 Å². The molecule has 0 unspecified atom stereocenters. The maximum atomic E-state index is 11.9. The molecule has 0 aliphatic heterocycles. The molecular weight excluding hydrogens is 227 g/mol. The molecule has 15 heavy (non-hydrogen) atoms. The number of alkyl halides is 3. The van der Waals surface area contributed by atoms with Crippen LogP contribution < -0.4 is 4.74 Å². The molecule has 0 fully saturated rings. The van der Waals surface area contributed by atoms with E-state index < -0.39 is 12.8 Å². The van der Waals surface area contributed by atoms with Crippen molar-refractivity contribution in [1.82, 2.24) is 0 Å². The average Bonchev–Trinajstić information content (AvgIpc) is 2.16. The normalized spacial score (nSPS) is 10.6. The summed E-state index contributed by atoms with van der Waals surface area (Å²) in [5, 5.41) is 2.07. The van der Waals surface area contributed by atoms with Crippen molar-refractivity contribution in [2.24, 2.45) is 4.99 Å². The van der Waals surface area contributed by atoms with Gasteiger partial charge in [0.25, 0.3) is 0 Å². The molecule has 6 heteroatoms. The number of thiocarbonyl (C=S) groups is 1. The summed E-state index contributed by atoms with van der Waals surface area (Å²) in [7, 11) is 0. The molecule has 0 saturated heterocycles. The van der Waals surface area contributed by atoms with Crippen LogP contribution >= 0.6 is 12.2 Å². The van der Waals surface area contributed by atoms with Crippen LogP contribution in [0.4, 0.5) is 18.9 Å². The second-order valence-electron chi connectivity index (χ2n) is 2.57. The predicted molar refractivity (Wildman–Crippen MR) is 52.7 cm³/mol. The zero-order valence-electron chi connectivity index (χ0n) is 7.41. The van der Waals surface area contributed by atoms with Gasteiger partial charge >= 0.3 is 6.18 Å². The molecule has 0 N–H and O–H groups in total. The lowest BCUT2D eigenvalue weighted by molar-refractivity contribution is -0.153.